The molecule has 2 aliphatic heterocycles. The van der Waals surface area contributed by atoms with Gasteiger partial charge in [0, 0.05) is 13.1 Å². The molecule has 25 heavy (non-hydrogen) atoms. The van der Waals surface area contributed by atoms with Gasteiger partial charge in [-0.2, -0.15) is 17.9 Å². The maximum atomic E-state index is 13.9. The number of amides is 1. The van der Waals surface area contributed by atoms with E-state index in [-0.39, 0.29) is 23.2 Å². The summed E-state index contributed by atoms with van der Waals surface area (Å²) in [6, 6.07) is 0. The molecule has 0 fully saturated rings. The Morgan fingerprint density at radius 2 is 1.96 bits per heavy atom. The summed E-state index contributed by atoms with van der Waals surface area (Å²) in [5.41, 5.74) is 4.12. The van der Waals surface area contributed by atoms with Gasteiger partial charge in [-0.3, -0.25) is 4.79 Å². The number of hydrogen-bond donors (Lipinski definition) is 1. The van der Waals surface area contributed by atoms with Gasteiger partial charge < -0.3 is 5.73 Å². The van der Waals surface area contributed by atoms with Gasteiger partial charge in [-0.1, -0.05) is 29.1 Å². The molecule has 9 nitrogen and oxygen atoms in total. The molecule has 1 atom stereocenters. The van der Waals surface area contributed by atoms with Crippen molar-refractivity contribution in [3.63, 3.8) is 0 Å². The van der Waals surface area contributed by atoms with Crippen molar-refractivity contribution in [1.82, 2.24) is 24.7 Å². The van der Waals surface area contributed by atoms with E-state index in [1.165, 1.54) is 7.05 Å². The van der Waals surface area contributed by atoms with Crippen molar-refractivity contribution in [2.45, 2.75) is 20.0 Å². The van der Waals surface area contributed by atoms with Gasteiger partial charge in [0.1, 0.15) is 5.57 Å². The number of primary amides is 1. The number of fused-ring (bicyclic) bond motifs is 1. The van der Waals surface area contributed by atoms with E-state index in [0.29, 0.717) is 0 Å². The van der Waals surface area contributed by atoms with Crippen molar-refractivity contribution in [2.24, 2.45) is 28.9 Å². The van der Waals surface area contributed by atoms with Crippen molar-refractivity contribution in [2.75, 3.05) is 0 Å². The second-order valence-electron chi connectivity index (χ2n) is 5.80. The molecule has 0 saturated heterocycles. The average Bonchev–Trinajstić information content (AvgIpc) is 3.08. The summed E-state index contributed by atoms with van der Waals surface area (Å²) in [6.07, 6.45) is -2.98. The van der Waals surface area contributed by atoms with Crippen LogP contribution in [-0.2, 0) is 11.8 Å². The summed E-state index contributed by atoms with van der Waals surface area (Å²) in [7, 11) is 1.40. The molecule has 2 N–H and O–H groups in total. The number of aryl methyl sites for hydroxylation is 1. The molecule has 2 aliphatic rings. The quantitative estimate of drug-likeness (QED) is 0.807. The molecule has 3 heterocycles. The van der Waals surface area contributed by atoms with E-state index in [2.05, 4.69) is 25.7 Å². The van der Waals surface area contributed by atoms with Crippen molar-refractivity contribution in [3.8, 4) is 0 Å². The Morgan fingerprint density at radius 3 is 2.44 bits per heavy atom. The normalized spacial score (nSPS) is 23.0. The first-order valence-electron chi connectivity index (χ1n) is 7.20. The maximum Gasteiger partial charge on any atom is 0.468 e. The van der Waals surface area contributed by atoms with Crippen LogP contribution in [0.4, 0.5) is 19.1 Å². The minimum atomic E-state index is -4.76. The van der Waals surface area contributed by atoms with Crippen LogP contribution < -0.4 is 10.2 Å². The number of quaternary nitrogens is 1. The zero-order chi connectivity index (χ0) is 18.6. The van der Waals surface area contributed by atoms with Crippen LogP contribution in [0.3, 0.4) is 0 Å². The van der Waals surface area contributed by atoms with E-state index in [4.69, 9.17) is 5.73 Å². The van der Waals surface area contributed by atoms with Gasteiger partial charge in [-0.15, -0.1) is 4.48 Å². The molecule has 1 amide bonds. The number of hydrogen-bond acceptors (Lipinski definition) is 6. The van der Waals surface area contributed by atoms with Crippen LogP contribution in [0, 0.1) is 5.92 Å². The van der Waals surface area contributed by atoms with Gasteiger partial charge >= 0.3 is 12.1 Å². The molecule has 1 unspecified atom stereocenters. The van der Waals surface area contributed by atoms with E-state index >= 15 is 0 Å². The Hall–Kier alpha value is -2.89. The SMILES string of the molecule is CC(C)C1=NN=C2C(C(N)=O)=CC=C(C(F)(F)F)[N+]21c1nnnn1C. The van der Waals surface area contributed by atoms with E-state index < -0.39 is 28.2 Å². The summed E-state index contributed by atoms with van der Waals surface area (Å²) in [5, 5.41) is 18.6. The number of aromatic nitrogens is 4. The van der Waals surface area contributed by atoms with Crippen molar-refractivity contribution >= 4 is 23.5 Å². The number of alkyl halides is 3. The number of carbonyl (C=O) groups excluding carboxylic acids is 1. The van der Waals surface area contributed by atoms with Gasteiger partial charge in [-0.05, 0) is 16.5 Å². The Bertz CT molecular complexity index is 876. The fourth-order valence-corrected chi connectivity index (χ4v) is 2.96. The number of amidine groups is 2. The lowest BCUT2D eigenvalue weighted by molar-refractivity contribution is -0.114. The lowest BCUT2D eigenvalue weighted by Crippen LogP contribution is -2.63. The molecule has 0 bridgehead atoms. The third-order valence-corrected chi connectivity index (χ3v) is 3.89. The summed E-state index contributed by atoms with van der Waals surface area (Å²) in [5.74, 6) is -1.81. The van der Waals surface area contributed by atoms with Crippen LogP contribution in [0.1, 0.15) is 13.8 Å². The molecule has 0 aromatic carbocycles. The summed E-state index contributed by atoms with van der Waals surface area (Å²) in [4.78, 5) is 11.8. The van der Waals surface area contributed by atoms with E-state index in [1.54, 1.807) is 13.8 Å². The predicted octanol–water partition coefficient (Wildman–Crippen LogP) is 0.770. The number of rotatable bonds is 3. The summed E-state index contributed by atoms with van der Waals surface area (Å²) < 4.78 is 41.7. The van der Waals surface area contributed by atoms with Gasteiger partial charge in [0.25, 0.3) is 11.7 Å². The van der Waals surface area contributed by atoms with Crippen LogP contribution in [-0.4, -0.2) is 44.0 Å². The molecule has 1 aromatic rings. The lowest BCUT2D eigenvalue weighted by Gasteiger charge is -2.36. The first-order valence-corrected chi connectivity index (χ1v) is 7.20. The second kappa shape index (κ2) is 5.31. The number of nitrogens with two attached hydrogens (primary N) is 1. The Kier molecular flexibility index (Phi) is 3.60. The topological polar surface area (TPSA) is 111 Å². The van der Waals surface area contributed by atoms with Crippen molar-refractivity contribution in [1.29, 1.82) is 0 Å². The fourth-order valence-electron chi connectivity index (χ4n) is 2.96. The highest BCUT2D eigenvalue weighted by molar-refractivity contribution is 6.33. The van der Waals surface area contributed by atoms with E-state index in [1.807, 2.05) is 0 Å². The molecule has 3 rings (SSSR count). The molecule has 1 aromatic heterocycles. The number of carbonyl (C=O) groups is 1. The van der Waals surface area contributed by atoms with E-state index in [0.717, 1.165) is 16.8 Å². The van der Waals surface area contributed by atoms with Crippen LogP contribution in [0.2, 0.25) is 0 Å². The third kappa shape index (κ3) is 2.21. The first kappa shape index (κ1) is 17.0. The zero-order valence-corrected chi connectivity index (χ0v) is 13.5. The predicted molar refractivity (Wildman–Crippen MR) is 81.7 cm³/mol. The van der Waals surface area contributed by atoms with Crippen molar-refractivity contribution in [3.05, 3.63) is 23.4 Å². The van der Waals surface area contributed by atoms with E-state index in [9.17, 15) is 18.0 Å². The number of tetrazole rings is 1. The smallest absolute Gasteiger partial charge is 0.365 e. The Labute approximate surface area is 139 Å². The highest BCUT2D eigenvalue weighted by atomic mass is 19.4. The van der Waals surface area contributed by atoms with Crippen LogP contribution in [0.5, 0.6) is 0 Å². The van der Waals surface area contributed by atoms with Crippen molar-refractivity contribution < 1.29 is 18.0 Å². The largest absolute Gasteiger partial charge is 0.468 e. The number of nitrogens with zero attached hydrogens (tertiary/aromatic N) is 7. The lowest BCUT2D eigenvalue weighted by atomic mass is 10.0. The van der Waals surface area contributed by atoms with Crippen LogP contribution in [0.15, 0.2) is 33.6 Å². The van der Waals surface area contributed by atoms with Crippen LogP contribution >= 0.6 is 0 Å². The van der Waals surface area contributed by atoms with Gasteiger partial charge in [-0.25, -0.2) is 0 Å². The molecule has 132 valence electrons. The summed E-state index contributed by atoms with van der Waals surface area (Å²) in [6.45, 7) is 3.33. The molecule has 12 heteroatoms. The summed E-state index contributed by atoms with van der Waals surface area (Å²) >= 11 is 0. The highest BCUT2D eigenvalue weighted by Crippen LogP contribution is 2.45. The third-order valence-electron chi connectivity index (χ3n) is 3.89. The molecular weight excluding hydrogens is 341 g/mol. The molecule has 0 saturated carbocycles. The van der Waals surface area contributed by atoms with Gasteiger partial charge in [0.2, 0.25) is 11.5 Å². The van der Waals surface area contributed by atoms with Crippen LogP contribution in [0.25, 0.3) is 0 Å². The molecule has 0 spiro atoms. The second-order valence-corrected chi connectivity index (χ2v) is 5.80. The standard InChI is InChI=1S/C13H13F3N8O/c1-6(2)10-18-19-11-7(9(17)25)4-5-8(13(14,15)16)24(10,11)12-20-21-22-23(12)3/h4-6H,1-3H3,(H-,17,25)/p+1. The molecule has 0 radical (unpaired) electrons. The first-order chi connectivity index (χ1) is 11.6. The fraction of sp³-hybridized carbons (Fsp3) is 0.385. The minimum absolute atomic E-state index is 0.0309. The maximum absolute atomic E-state index is 13.9. The number of allylic oxidation sites excluding steroid dienone is 3. The molecular formula is C13H14F3N8O+. The Balaban J connectivity index is 2.42. The van der Waals surface area contributed by atoms with Gasteiger partial charge in [0.15, 0.2) is 0 Å². The number of halogens is 3. The minimum Gasteiger partial charge on any atom is -0.365 e. The van der Waals surface area contributed by atoms with Gasteiger partial charge in [0.05, 0.1) is 5.92 Å². The average molecular weight is 355 g/mol. The Morgan fingerprint density at radius 1 is 1.28 bits per heavy atom. The highest BCUT2D eigenvalue weighted by Gasteiger charge is 2.65. The zero-order valence-electron chi connectivity index (χ0n) is 13.5. The monoisotopic (exact) mass is 355 g/mol. The molecule has 0 aliphatic carbocycles.